The molecule has 3 N–H and O–H groups in total. The van der Waals surface area contributed by atoms with Gasteiger partial charge in [-0.15, -0.1) is 0 Å². The van der Waals surface area contributed by atoms with Gasteiger partial charge in [0.15, 0.2) is 0 Å². The first kappa shape index (κ1) is 28.9. The van der Waals surface area contributed by atoms with E-state index in [1.807, 2.05) is 12.2 Å². The van der Waals surface area contributed by atoms with Crippen LogP contribution in [0.4, 0.5) is 16.3 Å². The molecule has 3 rings (SSSR count). The van der Waals surface area contributed by atoms with Gasteiger partial charge in [-0.2, -0.15) is 0 Å². The van der Waals surface area contributed by atoms with Crippen LogP contribution in [0.25, 0.3) is 0 Å². The highest BCUT2D eigenvalue weighted by molar-refractivity contribution is 6.39. The quantitative estimate of drug-likeness (QED) is 0.367. The minimum atomic E-state index is -0.734. The van der Waals surface area contributed by atoms with Gasteiger partial charge in [0.25, 0.3) is 0 Å². The van der Waals surface area contributed by atoms with E-state index in [-0.39, 0.29) is 12.0 Å². The van der Waals surface area contributed by atoms with Crippen LogP contribution in [-0.2, 0) is 14.3 Å². The van der Waals surface area contributed by atoms with Crippen LogP contribution in [-0.4, -0.2) is 52.5 Å². The molecule has 0 aliphatic carbocycles. The fourth-order valence-corrected chi connectivity index (χ4v) is 4.62. The van der Waals surface area contributed by atoms with Crippen molar-refractivity contribution < 1.29 is 19.1 Å². The number of piperidine rings is 1. The molecule has 0 bridgehead atoms. The summed E-state index contributed by atoms with van der Waals surface area (Å²) >= 11 is 0. The van der Waals surface area contributed by atoms with E-state index in [1.54, 1.807) is 38.7 Å². The number of anilines is 2. The van der Waals surface area contributed by atoms with Crippen LogP contribution in [0.5, 0.6) is 0 Å². The minimum absolute atomic E-state index is 0.245. The van der Waals surface area contributed by atoms with Gasteiger partial charge in [0, 0.05) is 18.8 Å². The molecule has 206 valence electrons. The molecule has 38 heavy (non-hydrogen) atoms. The number of likely N-dealkylation sites (tertiary alicyclic amines) is 1. The summed E-state index contributed by atoms with van der Waals surface area (Å²) in [4.78, 5) is 44.2. The average molecular weight is 524 g/mol. The lowest BCUT2D eigenvalue weighted by Crippen LogP contribution is -2.50. The number of carbonyl (C=O) groups is 3. The first-order valence-corrected chi connectivity index (χ1v) is 13.2. The summed E-state index contributed by atoms with van der Waals surface area (Å²) in [5.74, 6) is -0.736. The Bertz CT molecular complexity index is 1150. The third-order valence-electron chi connectivity index (χ3n) is 6.62. The van der Waals surface area contributed by atoms with Gasteiger partial charge in [-0.25, -0.2) is 9.78 Å². The molecule has 0 aromatic carbocycles. The molecule has 1 fully saturated rings. The zero-order valence-electron chi connectivity index (χ0n) is 23.4. The minimum Gasteiger partial charge on any atom is -0.444 e. The number of rotatable bonds is 5. The second-order valence-electron chi connectivity index (χ2n) is 11.3. The zero-order chi connectivity index (χ0) is 28.0. The third-order valence-corrected chi connectivity index (χ3v) is 6.62. The highest BCUT2D eigenvalue weighted by Gasteiger charge is 2.34. The molecular weight excluding hydrogens is 482 g/mol. The van der Waals surface area contributed by atoms with Gasteiger partial charge in [0.2, 0.25) is 0 Å². The number of carbonyl (C=O) groups excluding carboxylic acids is 3. The highest BCUT2D eigenvalue weighted by atomic mass is 16.6. The number of pyridine rings is 1. The molecule has 1 aromatic heterocycles. The second-order valence-corrected chi connectivity index (χ2v) is 11.3. The van der Waals surface area contributed by atoms with Crippen LogP contribution in [0.2, 0.25) is 0 Å². The molecule has 0 unspecified atom stereocenters. The standard InChI is InChI=1S/C29H41N5O4/c1-18-10-13-24(20(3)11-12-23-19(2)9-8-14-30-23)34(17-18)27(36)26(35)32-22-15-21(4)25(31-16-22)33-28(37)38-29(5,6)7/h11-12,15-16,18,24,30H,3,8-10,13-14,17H2,1-2,4-7H3,(H,32,35)(H,31,33,37)/b12-11-/t18-,24+/m1/s1. The Labute approximate surface area is 225 Å². The Morgan fingerprint density at radius 3 is 2.61 bits per heavy atom. The molecule has 2 atom stereocenters. The third kappa shape index (κ3) is 7.94. The summed E-state index contributed by atoms with van der Waals surface area (Å²) in [6, 6.07) is 1.40. The lowest BCUT2D eigenvalue weighted by Gasteiger charge is -2.38. The SMILES string of the molecule is C=C(/C=C\C1=C(C)CCCN1)[C@@H]1CC[C@@H](C)CN1C(=O)C(=O)Nc1cnc(NC(=O)OC(C)(C)C)c(C)c1. The molecule has 2 aliphatic heterocycles. The van der Waals surface area contributed by atoms with Crippen LogP contribution < -0.4 is 16.0 Å². The summed E-state index contributed by atoms with van der Waals surface area (Å²) < 4.78 is 5.26. The van der Waals surface area contributed by atoms with E-state index < -0.39 is 23.5 Å². The number of hydrogen-bond donors (Lipinski definition) is 3. The molecule has 3 amide bonds. The van der Waals surface area contributed by atoms with Crippen LogP contribution in [0.3, 0.4) is 0 Å². The highest BCUT2D eigenvalue weighted by Crippen LogP contribution is 2.28. The molecule has 9 heteroatoms. The fraction of sp³-hybridized carbons (Fsp3) is 0.517. The van der Waals surface area contributed by atoms with Gasteiger partial charge in [-0.1, -0.05) is 25.2 Å². The van der Waals surface area contributed by atoms with Gasteiger partial charge in [-0.05, 0) is 89.5 Å². The Balaban J connectivity index is 1.67. The molecule has 1 aromatic rings. The molecule has 1 saturated heterocycles. The van der Waals surface area contributed by atoms with Crippen molar-refractivity contribution >= 4 is 29.4 Å². The summed E-state index contributed by atoms with van der Waals surface area (Å²) in [5, 5.41) is 8.67. The van der Waals surface area contributed by atoms with E-state index in [1.165, 1.54) is 11.8 Å². The number of aromatic nitrogens is 1. The van der Waals surface area contributed by atoms with E-state index in [0.29, 0.717) is 23.6 Å². The molecule has 0 radical (unpaired) electrons. The van der Waals surface area contributed by atoms with E-state index in [0.717, 1.165) is 43.5 Å². The Morgan fingerprint density at radius 2 is 1.95 bits per heavy atom. The average Bonchev–Trinajstić information content (AvgIpc) is 2.83. The molecule has 0 spiro atoms. The Morgan fingerprint density at radius 1 is 1.21 bits per heavy atom. The van der Waals surface area contributed by atoms with Gasteiger partial charge >= 0.3 is 17.9 Å². The lowest BCUT2D eigenvalue weighted by atomic mass is 9.89. The number of nitrogens with zero attached hydrogens (tertiary/aromatic N) is 2. The monoisotopic (exact) mass is 523 g/mol. The molecular formula is C29H41N5O4. The molecule has 0 saturated carbocycles. The van der Waals surface area contributed by atoms with Crippen LogP contribution in [0, 0.1) is 12.8 Å². The van der Waals surface area contributed by atoms with Gasteiger partial charge in [0.05, 0.1) is 17.9 Å². The largest absolute Gasteiger partial charge is 0.444 e. The number of allylic oxidation sites excluding steroid dienone is 2. The first-order chi connectivity index (χ1) is 17.8. The maximum absolute atomic E-state index is 13.3. The molecule has 2 aliphatic rings. The van der Waals surface area contributed by atoms with Crippen molar-refractivity contribution in [3.8, 4) is 0 Å². The van der Waals surface area contributed by atoms with E-state index >= 15 is 0 Å². The van der Waals surface area contributed by atoms with Crippen molar-refractivity contribution in [2.24, 2.45) is 5.92 Å². The number of ether oxygens (including phenoxy) is 1. The topological polar surface area (TPSA) is 113 Å². The Kier molecular flexibility index (Phi) is 9.36. The van der Waals surface area contributed by atoms with Gasteiger partial charge < -0.3 is 20.3 Å². The second kappa shape index (κ2) is 12.3. The number of aryl methyl sites for hydroxylation is 1. The molecule has 9 nitrogen and oxygen atoms in total. The normalized spacial score (nSPS) is 20.1. The number of nitrogens with one attached hydrogen (secondary N) is 3. The lowest BCUT2D eigenvalue weighted by molar-refractivity contribution is -0.145. The van der Waals surface area contributed by atoms with E-state index in [2.05, 4.69) is 41.4 Å². The van der Waals surface area contributed by atoms with Crippen molar-refractivity contribution in [2.45, 2.75) is 78.9 Å². The van der Waals surface area contributed by atoms with Crippen molar-refractivity contribution in [1.82, 2.24) is 15.2 Å². The van der Waals surface area contributed by atoms with Gasteiger partial charge in [0.1, 0.15) is 11.4 Å². The molecule has 3 heterocycles. The first-order valence-electron chi connectivity index (χ1n) is 13.2. The van der Waals surface area contributed by atoms with Gasteiger partial charge in [-0.3, -0.25) is 14.9 Å². The van der Waals surface area contributed by atoms with Crippen molar-refractivity contribution in [3.63, 3.8) is 0 Å². The zero-order valence-corrected chi connectivity index (χ0v) is 23.4. The van der Waals surface area contributed by atoms with Crippen LogP contribution in [0.1, 0.15) is 65.9 Å². The maximum atomic E-state index is 13.3. The fourth-order valence-electron chi connectivity index (χ4n) is 4.62. The van der Waals surface area contributed by atoms with E-state index in [4.69, 9.17) is 4.74 Å². The van der Waals surface area contributed by atoms with E-state index in [9.17, 15) is 14.4 Å². The number of amides is 3. The van der Waals surface area contributed by atoms with Crippen molar-refractivity contribution in [1.29, 1.82) is 0 Å². The van der Waals surface area contributed by atoms with Crippen molar-refractivity contribution in [3.05, 3.63) is 53.4 Å². The summed E-state index contributed by atoms with van der Waals surface area (Å²) in [6.45, 7) is 16.9. The Hall–Kier alpha value is -3.62. The summed E-state index contributed by atoms with van der Waals surface area (Å²) in [5.41, 5.74) is 3.55. The van der Waals surface area contributed by atoms with Crippen molar-refractivity contribution in [2.75, 3.05) is 23.7 Å². The summed E-state index contributed by atoms with van der Waals surface area (Å²) in [6.07, 6.45) is 8.66. The van der Waals surface area contributed by atoms with Crippen LogP contribution in [0.15, 0.2) is 47.8 Å². The smallest absolute Gasteiger partial charge is 0.413 e. The predicted octanol–water partition coefficient (Wildman–Crippen LogP) is 5.07. The predicted molar refractivity (Wildman–Crippen MR) is 150 cm³/mol. The maximum Gasteiger partial charge on any atom is 0.413 e. The van der Waals surface area contributed by atoms with Crippen LogP contribution >= 0.6 is 0 Å². The summed E-state index contributed by atoms with van der Waals surface area (Å²) in [7, 11) is 0. The number of hydrogen-bond acceptors (Lipinski definition) is 6.